The Morgan fingerprint density at radius 2 is 2.05 bits per heavy atom. The Kier molecular flexibility index (Phi) is 6.51. The minimum absolute atomic E-state index is 0.0113. The van der Waals surface area contributed by atoms with Crippen molar-refractivity contribution in [1.82, 2.24) is 9.80 Å². The fourth-order valence-electron chi connectivity index (χ4n) is 2.94. The number of hydrogen-bond donors (Lipinski definition) is 1. The van der Waals surface area contributed by atoms with Crippen LogP contribution in [0.4, 0.5) is 0 Å². The molecule has 0 aromatic heterocycles. The van der Waals surface area contributed by atoms with E-state index in [0.29, 0.717) is 0 Å². The van der Waals surface area contributed by atoms with Crippen LogP contribution in [0.25, 0.3) is 0 Å². The summed E-state index contributed by atoms with van der Waals surface area (Å²) in [6, 6.07) is 6.69. The largest absolute Gasteiger partial charge is 0.324 e. The van der Waals surface area contributed by atoms with Crippen LogP contribution < -0.4 is 5.73 Å². The summed E-state index contributed by atoms with van der Waals surface area (Å²) in [6.45, 7) is 3.39. The molecule has 21 heavy (non-hydrogen) atoms. The minimum Gasteiger partial charge on any atom is -0.324 e. The van der Waals surface area contributed by atoms with Gasteiger partial charge in [0.05, 0.1) is 0 Å². The number of hydrogen-bond acceptors (Lipinski definition) is 3. The van der Waals surface area contributed by atoms with Crippen molar-refractivity contribution < 1.29 is 0 Å². The number of likely N-dealkylation sites (tertiary alicyclic amines) is 1. The number of rotatable bonds is 5. The second-order valence-corrected chi connectivity index (χ2v) is 7.42. The van der Waals surface area contributed by atoms with Crippen molar-refractivity contribution in [3.05, 3.63) is 33.3 Å². The normalized spacial score (nSPS) is 19.1. The van der Waals surface area contributed by atoms with Crippen LogP contribution in [-0.4, -0.2) is 49.6 Å². The minimum atomic E-state index is 0.0113. The van der Waals surface area contributed by atoms with Crippen molar-refractivity contribution in [3.63, 3.8) is 0 Å². The molecule has 1 heterocycles. The monoisotopic (exact) mass is 373 g/mol. The zero-order valence-electron chi connectivity index (χ0n) is 12.9. The maximum atomic E-state index is 6.30. The van der Waals surface area contributed by atoms with Crippen LogP contribution in [0.15, 0.2) is 22.7 Å². The van der Waals surface area contributed by atoms with Crippen molar-refractivity contribution >= 4 is 27.5 Å². The lowest BCUT2D eigenvalue weighted by Gasteiger charge is -2.35. The maximum Gasteiger partial charge on any atom is 0.0464 e. The lowest BCUT2D eigenvalue weighted by Crippen LogP contribution is -2.42. The Morgan fingerprint density at radius 1 is 1.38 bits per heavy atom. The van der Waals surface area contributed by atoms with Crippen LogP contribution in [0.5, 0.6) is 0 Å². The second-order valence-electron chi connectivity index (χ2n) is 6.10. The van der Waals surface area contributed by atoms with E-state index < -0.39 is 0 Å². The first-order valence-corrected chi connectivity index (χ1v) is 8.74. The molecule has 1 atom stereocenters. The first-order valence-electron chi connectivity index (χ1n) is 7.56. The maximum absolute atomic E-state index is 6.30. The van der Waals surface area contributed by atoms with Gasteiger partial charge < -0.3 is 15.5 Å². The second kappa shape index (κ2) is 7.93. The van der Waals surface area contributed by atoms with Gasteiger partial charge in [-0.05, 0) is 70.7 Å². The highest BCUT2D eigenvalue weighted by molar-refractivity contribution is 9.10. The number of piperidine rings is 1. The molecule has 0 spiro atoms. The smallest absolute Gasteiger partial charge is 0.0464 e. The topological polar surface area (TPSA) is 32.5 Å². The van der Waals surface area contributed by atoms with Gasteiger partial charge in [0.25, 0.3) is 0 Å². The number of benzene rings is 1. The highest BCUT2D eigenvalue weighted by Gasteiger charge is 2.21. The molecule has 2 N–H and O–H groups in total. The summed E-state index contributed by atoms with van der Waals surface area (Å²) in [5, 5.41) is 0.753. The third-order valence-corrected chi connectivity index (χ3v) is 5.23. The first kappa shape index (κ1) is 17.2. The molecule has 5 heteroatoms. The summed E-state index contributed by atoms with van der Waals surface area (Å²) in [4.78, 5) is 4.86. The number of nitrogens with zero attached hydrogens (tertiary/aromatic N) is 2. The Balaban J connectivity index is 1.81. The van der Waals surface area contributed by atoms with Gasteiger partial charge in [0.2, 0.25) is 0 Å². The van der Waals surface area contributed by atoms with E-state index in [2.05, 4.69) is 39.8 Å². The predicted molar refractivity (Wildman–Crippen MR) is 93.8 cm³/mol. The molecule has 1 aliphatic heterocycles. The van der Waals surface area contributed by atoms with E-state index in [-0.39, 0.29) is 6.04 Å². The van der Waals surface area contributed by atoms with Crippen LogP contribution in [0.1, 0.15) is 30.9 Å². The lowest BCUT2D eigenvalue weighted by atomic mass is 10.0. The molecule has 0 bridgehead atoms. The van der Waals surface area contributed by atoms with E-state index in [1.54, 1.807) is 0 Å². The van der Waals surface area contributed by atoms with Crippen LogP contribution in [-0.2, 0) is 0 Å². The molecular formula is C16H25BrClN3. The van der Waals surface area contributed by atoms with Gasteiger partial charge in [-0.25, -0.2) is 0 Å². The molecule has 1 unspecified atom stereocenters. The molecule has 2 rings (SSSR count). The van der Waals surface area contributed by atoms with Crippen molar-refractivity contribution in [1.29, 1.82) is 0 Å². The van der Waals surface area contributed by atoms with Gasteiger partial charge in [0.15, 0.2) is 0 Å². The van der Waals surface area contributed by atoms with Gasteiger partial charge in [0, 0.05) is 21.6 Å². The van der Waals surface area contributed by atoms with Gasteiger partial charge in [-0.1, -0.05) is 33.6 Å². The van der Waals surface area contributed by atoms with E-state index in [9.17, 15) is 0 Å². The van der Waals surface area contributed by atoms with E-state index in [1.165, 1.54) is 25.9 Å². The highest BCUT2D eigenvalue weighted by atomic mass is 79.9. The van der Waals surface area contributed by atoms with Gasteiger partial charge in [-0.3, -0.25) is 0 Å². The van der Waals surface area contributed by atoms with Gasteiger partial charge in [-0.15, -0.1) is 0 Å². The summed E-state index contributed by atoms with van der Waals surface area (Å²) in [6.07, 6.45) is 3.45. The Morgan fingerprint density at radius 3 is 2.62 bits per heavy atom. The van der Waals surface area contributed by atoms with Crippen molar-refractivity contribution in [2.75, 3.05) is 33.7 Å². The summed E-state index contributed by atoms with van der Waals surface area (Å²) >= 11 is 9.70. The van der Waals surface area contributed by atoms with E-state index in [4.69, 9.17) is 17.3 Å². The average molecular weight is 375 g/mol. The lowest BCUT2D eigenvalue weighted by molar-refractivity contribution is 0.142. The molecule has 118 valence electrons. The van der Waals surface area contributed by atoms with Crippen LogP contribution in [0, 0.1) is 0 Å². The average Bonchev–Trinajstić information content (AvgIpc) is 2.45. The van der Waals surface area contributed by atoms with Crippen molar-refractivity contribution in [2.24, 2.45) is 5.73 Å². The van der Waals surface area contributed by atoms with Crippen molar-refractivity contribution in [2.45, 2.75) is 31.3 Å². The fourth-order valence-corrected chi connectivity index (χ4v) is 3.75. The fraction of sp³-hybridized carbons (Fsp3) is 0.625. The molecule has 1 saturated heterocycles. The molecule has 0 aliphatic carbocycles. The zero-order chi connectivity index (χ0) is 15.4. The van der Waals surface area contributed by atoms with Crippen LogP contribution in [0.2, 0.25) is 5.02 Å². The van der Waals surface area contributed by atoms with Gasteiger partial charge in [-0.2, -0.15) is 0 Å². The molecule has 1 aliphatic rings. The molecule has 1 aromatic rings. The molecule has 0 radical (unpaired) electrons. The molecular weight excluding hydrogens is 350 g/mol. The quantitative estimate of drug-likeness (QED) is 0.856. The van der Waals surface area contributed by atoms with Crippen molar-refractivity contribution in [3.8, 4) is 0 Å². The number of nitrogens with two attached hydrogens (primary N) is 1. The molecule has 0 saturated carbocycles. The van der Waals surface area contributed by atoms with Gasteiger partial charge >= 0.3 is 0 Å². The summed E-state index contributed by atoms with van der Waals surface area (Å²) < 4.78 is 0.995. The Labute approximate surface area is 141 Å². The van der Waals surface area contributed by atoms with E-state index in [1.807, 2.05) is 18.2 Å². The zero-order valence-corrected chi connectivity index (χ0v) is 15.2. The van der Waals surface area contributed by atoms with Crippen LogP contribution in [0.3, 0.4) is 0 Å². The first-order chi connectivity index (χ1) is 9.97. The Hall–Kier alpha value is -0.130. The number of halogens is 2. The Bertz CT molecular complexity index is 459. The highest BCUT2D eigenvalue weighted by Crippen LogP contribution is 2.27. The molecule has 1 aromatic carbocycles. The third kappa shape index (κ3) is 4.93. The standard InChI is InChI=1S/C16H25BrClN3/c1-20(2)13-5-8-21(9-6-13)10-7-16(19)14-4-3-12(17)11-15(14)18/h3-4,11,13,16H,5-10,19H2,1-2H3. The molecule has 3 nitrogen and oxygen atoms in total. The van der Waals surface area contributed by atoms with Crippen LogP contribution >= 0.6 is 27.5 Å². The summed E-state index contributed by atoms with van der Waals surface area (Å²) in [5.41, 5.74) is 7.35. The molecule has 1 fully saturated rings. The third-order valence-electron chi connectivity index (χ3n) is 4.41. The van der Waals surface area contributed by atoms with E-state index >= 15 is 0 Å². The summed E-state index contributed by atoms with van der Waals surface area (Å²) in [7, 11) is 4.34. The van der Waals surface area contributed by atoms with Gasteiger partial charge in [0.1, 0.15) is 0 Å². The SMILES string of the molecule is CN(C)C1CCN(CCC(N)c2ccc(Br)cc2Cl)CC1. The summed E-state index contributed by atoms with van der Waals surface area (Å²) in [5.74, 6) is 0. The molecule has 0 amide bonds. The predicted octanol–water partition coefficient (Wildman–Crippen LogP) is 3.52. The van der Waals surface area contributed by atoms with E-state index in [0.717, 1.165) is 34.1 Å².